The molecule has 1 aliphatic carbocycles. The van der Waals surface area contributed by atoms with Gasteiger partial charge in [0.05, 0.1) is 16.0 Å². The van der Waals surface area contributed by atoms with Crippen LogP contribution in [0.25, 0.3) is 11.0 Å². The number of nitro groups is 1. The zero-order chi connectivity index (χ0) is 20.7. The van der Waals surface area contributed by atoms with Gasteiger partial charge in [-0.1, -0.05) is 12.1 Å². The SMILES string of the molecule is O=C(OC1CCc2c([N+](=O)[O-])cc3[nH]c(=O)c(=O)[nH]c3c2C1)c1ccccc1O. The van der Waals surface area contributed by atoms with Gasteiger partial charge >= 0.3 is 17.1 Å². The van der Waals surface area contributed by atoms with E-state index in [9.17, 15) is 29.6 Å². The van der Waals surface area contributed by atoms with Crippen LogP contribution in [0.5, 0.6) is 5.75 Å². The van der Waals surface area contributed by atoms with Crippen molar-refractivity contribution in [2.45, 2.75) is 25.4 Å². The lowest BCUT2D eigenvalue weighted by Crippen LogP contribution is -2.31. The Hall–Kier alpha value is -3.95. The van der Waals surface area contributed by atoms with Crippen molar-refractivity contribution in [1.29, 1.82) is 0 Å². The van der Waals surface area contributed by atoms with E-state index in [-0.39, 0.29) is 40.9 Å². The number of aromatic amines is 2. The van der Waals surface area contributed by atoms with Crippen LogP contribution in [0.3, 0.4) is 0 Å². The fourth-order valence-electron chi connectivity index (χ4n) is 3.62. The normalized spacial score (nSPS) is 15.7. The van der Waals surface area contributed by atoms with Gasteiger partial charge in [-0.3, -0.25) is 19.7 Å². The summed E-state index contributed by atoms with van der Waals surface area (Å²) in [6.07, 6.45) is 0.0954. The second-order valence-corrected chi connectivity index (χ2v) is 6.73. The number of aromatic hydroxyl groups is 1. The third kappa shape index (κ3) is 3.24. The van der Waals surface area contributed by atoms with Gasteiger partial charge < -0.3 is 19.8 Å². The molecular formula is C19H15N3O7. The van der Waals surface area contributed by atoms with Gasteiger partial charge in [-0.05, 0) is 30.5 Å². The summed E-state index contributed by atoms with van der Waals surface area (Å²) in [7, 11) is 0. The number of hydrogen-bond acceptors (Lipinski definition) is 7. The molecule has 0 spiro atoms. The summed E-state index contributed by atoms with van der Waals surface area (Å²) in [5.74, 6) is -0.926. The molecular weight excluding hydrogens is 382 g/mol. The van der Waals surface area contributed by atoms with E-state index in [1.165, 1.54) is 18.2 Å². The molecule has 0 radical (unpaired) electrons. The summed E-state index contributed by atoms with van der Waals surface area (Å²) >= 11 is 0. The van der Waals surface area contributed by atoms with E-state index in [0.29, 0.717) is 17.5 Å². The number of phenolic OH excluding ortho intramolecular Hbond substituents is 1. The number of H-pyrrole nitrogens is 2. The highest BCUT2D eigenvalue weighted by molar-refractivity contribution is 5.92. The molecule has 10 heteroatoms. The van der Waals surface area contributed by atoms with E-state index in [4.69, 9.17) is 4.74 Å². The first kappa shape index (κ1) is 18.4. The Kier molecular flexibility index (Phi) is 4.38. The topological polar surface area (TPSA) is 155 Å². The Balaban J connectivity index is 1.74. The number of ether oxygens (including phenoxy) is 1. The zero-order valence-electron chi connectivity index (χ0n) is 14.9. The average Bonchev–Trinajstić information content (AvgIpc) is 2.68. The van der Waals surface area contributed by atoms with Crippen molar-refractivity contribution in [2.75, 3.05) is 0 Å². The van der Waals surface area contributed by atoms with E-state index in [1.807, 2.05) is 0 Å². The molecule has 0 fully saturated rings. The van der Waals surface area contributed by atoms with Crippen LogP contribution < -0.4 is 11.1 Å². The number of para-hydroxylation sites is 1. The van der Waals surface area contributed by atoms with E-state index < -0.39 is 28.1 Å². The second kappa shape index (κ2) is 6.89. The molecule has 4 rings (SSSR count). The van der Waals surface area contributed by atoms with Crippen molar-refractivity contribution < 1.29 is 19.6 Å². The number of hydrogen-bond donors (Lipinski definition) is 3. The molecule has 3 aromatic rings. The summed E-state index contributed by atoms with van der Waals surface area (Å²) in [5.41, 5.74) is -0.650. The van der Waals surface area contributed by atoms with Gasteiger partial charge in [0.25, 0.3) is 5.69 Å². The number of esters is 1. The van der Waals surface area contributed by atoms with Crippen LogP contribution in [0.1, 0.15) is 27.9 Å². The number of nitrogens with zero attached hydrogens (tertiary/aromatic N) is 1. The van der Waals surface area contributed by atoms with Crippen LogP contribution in [0, 0.1) is 10.1 Å². The molecule has 148 valence electrons. The van der Waals surface area contributed by atoms with Gasteiger partial charge in [-0.2, -0.15) is 0 Å². The third-order valence-electron chi connectivity index (χ3n) is 4.96. The Morgan fingerprint density at radius 1 is 1.17 bits per heavy atom. The van der Waals surface area contributed by atoms with E-state index in [0.717, 1.165) is 0 Å². The first-order chi connectivity index (χ1) is 13.8. The highest BCUT2D eigenvalue weighted by atomic mass is 16.6. The van der Waals surface area contributed by atoms with Gasteiger partial charge in [0, 0.05) is 18.1 Å². The standard InChI is InChI=1S/C19H15N3O7/c23-15-4-2-1-3-11(15)19(26)29-9-5-6-10-12(7-9)16-13(8-14(10)22(27)28)20-17(24)18(25)21-16/h1-4,8-9,23H,5-7H2,(H,20,24)(H,21,25). The summed E-state index contributed by atoms with van der Waals surface area (Å²) in [6, 6.07) is 7.18. The van der Waals surface area contributed by atoms with Crippen LogP contribution in [-0.4, -0.2) is 32.1 Å². The molecule has 0 aliphatic heterocycles. The first-order valence-corrected chi connectivity index (χ1v) is 8.79. The number of carbonyl (C=O) groups is 1. The van der Waals surface area contributed by atoms with Gasteiger partial charge in [0.2, 0.25) is 0 Å². The Labute approximate surface area is 161 Å². The molecule has 3 N–H and O–H groups in total. The number of rotatable bonds is 3. The molecule has 1 aliphatic rings. The van der Waals surface area contributed by atoms with Gasteiger partial charge in [0.15, 0.2) is 0 Å². The molecule has 2 aromatic carbocycles. The van der Waals surface area contributed by atoms with Gasteiger partial charge in [0.1, 0.15) is 17.4 Å². The second-order valence-electron chi connectivity index (χ2n) is 6.73. The molecule has 29 heavy (non-hydrogen) atoms. The van der Waals surface area contributed by atoms with Gasteiger partial charge in [-0.25, -0.2) is 4.79 Å². The quantitative estimate of drug-likeness (QED) is 0.262. The molecule has 1 unspecified atom stereocenters. The smallest absolute Gasteiger partial charge is 0.342 e. The lowest BCUT2D eigenvalue weighted by atomic mass is 9.87. The molecule has 10 nitrogen and oxygen atoms in total. The predicted octanol–water partition coefficient (Wildman–Crippen LogP) is 1.54. The predicted molar refractivity (Wildman–Crippen MR) is 101 cm³/mol. The van der Waals surface area contributed by atoms with E-state index in [1.54, 1.807) is 12.1 Å². The average molecular weight is 397 g/mol. The highest BCUT2D eigenvalue weighted by Gasteiger charge is 2.31. The summed E-state index contributed by atoms with van der Waals surface area (Å²) < 4.78 is 5.49. The van der Waals surface area contributed by atoms with Crippen LogP contribution in [0.2, 0.25) is 0 Å². The number of carbonyl (C=O) groups excluding carboxylic acids is 1. The molecule has 0 saturated carbocycles. The first-order valence-electron chi connectivity index (χ1n) is 8.79. The highest BCUT2D eigenvalue weighted by Crippen LogP contribution is 2.35. The molecule has 0 amide bonds. The number of phenols is 1. The minimum atomic E-state index is -0.912. The largest absolute Gasteiger partial charge is 0.507 e. The number of fused-ring (bicyclic) bond motifs is 3. The van der Waals surface area contributed by atoms with Crippen molar-refractivity contribution in [3.63, 3.8) is 0 Å². The van der Waals surface area contributed by atoms with Crippen molar-refractivity contribution in [3.05, 3.63) is 77.8 Å². The minimum Gasteiger partial charge on any atom is -0.507 e. The van der Waals surface area contributed by atoms with Crippen molar-refractivity contribution >= 4 is 22.7 Å². The van der Waals surface area contributed by atoms with Crippen molar-refractivity contribution in [3.8, 4) is 5.75 Å². The van der Waals surface area contributed by atoms with E-state index in [2.05, 4.69) is 9.97 Å². The summed E-state index contributed by atoms with van der Waals surface area (Å²) in [6.45, 7) is 0. The maximum atomic E-state index is 12.4. The Bertz CT molecular complexity index is 1280. The number of aromatic nitrogens is 2. The molecule has 1 heterocycles. The fourth-order valence-corrected chi connectivity index (χ4v) is 3.62. The molecule has 0 saturated heterocycles. The van der Waals surface area contributed by atoms with Gasteiger partial charge in [-0.15, -0.1) is 0 Å². The van der Waals surface area contributed by atoms with Crippen LogP contribution in [0.4, 0.5) is 5.69 Å². The lowest BCUT2D eigenvalue weighted by molar-refractivity contribution is -0.385. The third-order valence-corrected chi connectivity index (χ3v) is 4.96. The number of nitrogens with one attached hydrogen (secondary N) is 2. The maximum Gasteiger partial charge on any atom is 0.342 e. The zero-order valence-corrected chi connectivity index (χ0v) is 14.9. The summed E-state index contributed by atoms with van der Waals surface area (Å²) in [4.78, 5) is 51.5. The lowest BCUT2D eigenvalue weighted by Gasteiger charge is -2.25. The Morgan fingerprint density at radius 3 is 2.62 bits per heavy atom. The van der Waals surface area contributed by atoms with Crippen LogP contribution in [-0.2, 0) is 17.6 Å². The van der Waals surface area contributed by atoms with E-state index >= 15 is 0 Å². The molecule has 1 atom stereocenters. The van der Waals surface area contributed by atoms with Crippen LogP contribution >= 0.6 is 0 Å². The van der Waals surface area contributed by atoms with Crippen molar-refractivity contribution in [1.82, 2.24) is 9.97 Å². The van der Waals surface area contributed by atoms with Crippen molar-refractivity contribution in [2.24, 2.45) is 0 Å². The van der Waals surface area contributed by atoms with Crippen LogP contribution in [0.15, 0.2) is 39.9 Å². The number of benzene rings is 2. The monoisotopic (exact) mass is 397 g/mol. The fraction of sp³-hybridized carbons (Fsp3) is 0.211. The Morgan fingerprint density at radius 2 is 1.90 bits per heavy atom. The summed E-state index contributed by atoms with van der Waals surface area (Å²) in [5, 5.41) is 21.3. The number of nitro benzene ring substituents is 1. The minimum absolute atomic E-state index is 0.0138. The maximum absolute atomic E-state index is 12.4. The molecule has 1 aromatic heterocycles. The molecule has 0 bridgehead atoms.